The summed E-state index contributed by atoms with van der Waals surface area (Å²) in [4.78, 5) is 24.7. The zero-order valence-electron chi connectivity index (χ0n) is 20.0. The van der Waals surface area contributed by atoms with Gasteiger partial charge in [0.25, 0.3) is 0 Å². The molecule has 0 aliphatic carbocycles. The summed E-state index contributed by atoms with van der Waals surface area (Å²) in [5, 5.41) is 4.85. The lowest BCUT2D eigenvalue weighted by Crippen LogP contribution is -2.43. The average Bonchev–Trinajstić information content (AvgIpc) is 3.18. The van der Waals surface area contributed by atoms with Gasteiger partial charge in [-0.25, -0.2) is 4.79 Å². The summed E-state index contributed by atoms with van der Waals surface area (Å²) in [5.41, 5.74) is 5.75. The fourth-order valence-electron chi connectivity index (χ4n) is 4.90. The van der Waals surface area contributed by atoms with Crippen molar-refractivity contribution in [2.45, 2.75) is 0 Å². The Bertz CT molecular complexity index is 1670. The van der Waals surface area contributed by atoms with Gasteiger partial charge < -0.3 is 15.0 Å². The van der Waals surface area contributed by atoms with Crippen LogP contribution in [0.5, 0.6) is 5.75 Å². The van der Waals surface area contributed by atoms with Gasteiger partial charge in [-0.3, -0.25) is 19.1 Å². The monoisotopic (exact) mass is 500 g/mol. The molecule has 0 radical (unpaired) electrons. The van der Waals surface area contributed by atoms with Crippen molar-refractivity contribution in [2.24, 2.45) is 7.05 Å². The zero-order valence-corrected chi connectivity index (χ0v) is 20.8. The lowest BCUT2D eigenvalue weighted by Gasteiger charge is -2.30. The van der Waals surface area contributed by atoms with Gasteiger partial charge in [0, 0.05) is 50.4 Å². The van der Waals surface area contributed by atoms with Gasteiger partial charge in [-0.05, 0) is 42.0 Å². The standard InChI is InChI=1S/C27H25ClN6O2/c1-32-25-16-31-23-5-3-17(18-11-20(36-2)15-30-14-18)12-21(23)26(25)34(27(32)35)19-4-6-24(22(28)13-19)33-9-7-29-8-10-33/h3-6,11-16,29H,7-10H2,1-2H3. The predicted octanol–water partition coefficient (Wildman–Crippen LogP) is 4.01. The van der Waals surface area contributed by atoms with Crippen LogP contribution in [0.1, 0.15) is 0 Å². The molecule has 4 heterocycles. The van der Waals surface area contributed by atoms with E-state index in [0.29, 0.717) is 10.8 Å². The number of methoxy groups -OCH3 is 1. The molecule has 0 unspecified atom stereocenters. The summed E-state index contributed by atoms with van der Waals surface area (Å²) in [5.74, 6) is 0.680. The second-order valence-corrected chi connectivity index (χ2v) is 9.29. The largest absolute Gasteiger partial charge is 0.495 e. The highest BCUT2D eigenvalue weighted by molar-refractivity contribution is 6.33. The number of fused-ring (bicyclic) bond motifs is 3. The molecule has 0 spiro atoms. The van der Waals surface area contributed by atoms with E-state index in [1.807, 2.05) is 42.5 Å². The number of nitrogens with one attached hydrogen (secondary N) is 1. The normalized spacial score (nSPS) is 14.0. The maximum absolute atomic E-state index is 13.5. The van der Waals surface area contributed by atoms with Gasteiger partial charge in [0.2, 0.25) is 0 Å². The Labute approximate surface area is 212 Å². The molecule has 1 N–H and O–H groups in total. The summed E-state index contributed by atoms with van der Waals surface area (Å²) in [7, 11) is 3.39. The van der Waals surface area contributed by atoms with Gasteiger partial charge in [-0.15, -0.1) is 0 Å². The molecule has 0 saturated carbocycles. The molecule has 1 saturated heterocycles. The van der Waals surface area contributed by atoms with Crippen LogP contribution in [0.4, 0.5) is 5.69 Å². The number of aryl methyl sites for hydroxylation is 1. The van der Waals surface area contributed by atoms with E-state index < -0.39 is 0 Å². The minimum Gasteiger partial charge on any atom is -0.495 e. The number of anilines is 1. The second-order valence-electron chi connectivity index (χ2n) is 8.89. The van der Waals surface area contributed by atoms with E-state index >= 15 is 0 Å². The molecule has 8 nitrogen and oxygen atoms in total. The van der Waals surface area contributed by atoms with E-state index in [-0.39, 0.29) is 5.69 Å². The summed E-state index contributed by atoms with van der Waals surface area (Å²) in [6.45, 7) is 3.63. The predicted molar refractivity (Wildman–Crippen MR) is 144 cm³/mol. The van der Waals surface area contributed by atoms with Crippen LogP contribution in [0.2, 0.25) is 5.02 Å². The maximum atomic E-state index is 13.5. The number of aromatic nitrogens is 4. The van der Waals surface area contributed by atoms with E-state index in [1.54, 1.807) is 41.9 Å². The molecule has 9 heteroatoms. The summed E-state index contributed by atoms with van der Waals surface area (Å²) in [6, 6.07) is 13.8. The SMILES string of the molecule is COc1cncc(-c2ccc3ncc4c(c3c2)n(-c2ccc(N3CCNCC3)c(Cl)c2)c(=O)n4C)c1. The molecule has 0 amide bonds. The van der Waals surface area contributed by atoms with E-state index in [4.69, 9.17) is 16.3 Å². The van der Waals surface area contributed by atoms with Crippen LogP contribution in [0, 0.1) is 0 Å². The number of halogens is 1. The van der Waals surface area contributed by atoms with Crippen molar-refractivity contribution in [3.63, 3.8) is 0 Å². The van der Waals surface area contributed by atoms with Crippen molar-refractivity contribution in [3.05, 3.63) is 76.6 Å². The molecule has 0 bridgehead atoms. The van der Waals surface area contributed by atoms with Gasteiger partial charge >= 0.3 is 5.69 Å². The van der Waals surface area contributed by atoms with E-state index in [1.165, 1.54) is 0 Å². The Morgan fingerprint density at radius 1 is 1.00 bits per heavy atom. The molecule has 2 aromatic carbocycles. The number of rotatable bonds is 4. The first-order valence-corrected chi connectivity index (χ1v) is 12.2. The molecule has 1 aliphatic rings. The summed E-state index contributed by atoms with van der Waals surface area (Å²) >= 11 is 6.76. The van der Waals surface area contributed by atoms with Crippen molar-refractivity contribution < 1.29 is 4.74 Å². The third-order valence-electron chi connectivity index (χ3n) is 6.81. The van der Waals surface area contributed by atoms with E-state index in [0.717, 1.165) is 70.6 Å². The van der Waals surface area contributed by atoms with Crippen LogP contribution in [-0.4, -0.2) is 52.4 Å². The van der Waals surface area contributed by atoms with Crippen LogP contribution in [-0.2, 0) is 7.05 Å². The van der Waals surface area contributed by atoms with Crippen molar-refractivity contribution in [2.75, 3.05) is 38.2 Å². The number of ether oxygens (including phenoxy) is 1. The number of pyridine rings is 2. The second kappa shape index (κ2) is 8.96. The molecule has 6 rings (SSSR count). The number of piperazine rings is 1. The summed E-state index contributed by atoms with van der Waals surface area (Å²) < 4.78 is 8.70. The minimum atomic E-state index is -0.154. The molecule has 182 valence electrons. The lowest BCUT2D eigenvalue weighted by atomic mass is 10.0. The highest BCUT2D eigenvalue weighted by atomic mass is 35.5. The van der Waals surface area contributed by atoms with Gasteiger partial charge in [0.05, 0.1) is 52.5 Å². The van der Waals surface area contributed by atoms with Crippen LogP contribution < -0.4 is 20.6 Å². The van der Waals surface area contributed by atoms with Gasteiger partial charge in [0.1, 0.15) is 5.75 Å². The highest BCUT2D eigenvalue weighted by Crippen LogP contribution is 2.33. The number of imidazole rings is 1. The van der Waals surface area contributed by atoms with E-state index in [9.17, 15) is 4.79 Å². The fourth-order valence-corrected chi connectivity index (χ4v) is 5.20. The average molecular weight is 501 g/mol. The molecular formula is C27H25ClN6O2. The van der Waals surface area contributed by atoms with Crippen LogP contribution in [0.3, 0.4) is 0 Å². The summed E-state index contributed by atoms with van der Waals surface area (Å²) in [6.07, 6.45) is 5.22. The molecule has 3 aromatic heterocycles. The molecule has 5 aromatic rings. The maximum Gasteiger partial charge on any atom is 0.333 e. The Kier molecular flexibility index (Phi) is 5.62. The smallest absolute Gasteiger partial charge is 0.333 e. The zero-order chi connectivity index (χ0) is 24.8. The lowest BCUT2D eigenvalue weighted by molar-refractivity contribution is 0.413. The number of hydrogen-bond acceptors (Lipinski definition) is 6. The van der Waals surface area contributed by atoms with Crippen molar-refractivity contribution in [1.29, 1.82) is 0 Å². The Balaban J connectivity index is 1.55. The quantitative estimate of drug-likeness (QED) is 0.402. The minimum absolute atomic E-state index is 0.154. The molecule has 1 fully saturated rings. The molecule has 36 heavy (non-hydrogen) atoms. The Morgan fingerprint density at radius 3 is 2.61 bits per heavy atom. The molecular weight excluding hydrogens is 476 g/mol. The molecule has 1 aliphatic heterocycles. The first-order valence-electron chi connectivity index (χ1n) is 11.8. The Morgan fingerprint density at radius 2 is 1.83 bits per heavy atom. The van der Waals surface area contributed by atoms with Crippen LogP contribution in [0.15, 0.2) is 65.8 Å². The first kappa shape index (κ1) is 22.6. The van der Waals surface area contributed by atoms with Crippen molar-refractivity contribution in [3.8, 4) is 22.6 Å². The Hall–Kier alpha value is -3.88. The number of hydrogen-bond donors (Lipinski definition) is 1. The fraction of sp³-hybridized carbons (Fsp3) is 0.222. The number of nitrogens with zero attached hydrogens (tertiary/aromatic N) is 5. The van der Waals surface area contributed by atoms with Gasteiger partial charge in [0.15, 0.2) is 0 Å². The van der Waals surface area contributed by atoms with E-state index in [2.05, 4.69) is 20.2 Å². The number of benzene rings is 2. The van der Waals surface area contributed by atoms with Gasteiger partial charge in [-0.2, -0.15) is 0 Å². The van der Waals surface area contributed by atoms with Crippen molar-refractivity contribution in [1.82, 2.24) is 24.4 Å². The van der Waals surface area contributed by atoms with Crippen molar-refractivity contribution >= 4 is 39.2 Å². The topological polar surface area (TPSA) is 77.2 Å². The first-order chi connectivity index (χ1) is 17.5. The highest BCUT2D eigenvalue weighted by Gasteiger charge is 2.19. The molecule has 0 atom stereocenters. The third-order valence-corrected chi connectivity index (χ3v) is 7.12. The van der Waals surface area contributed by atoms with Crippen LogP contribution >= 0.6 is 11.6 Å². The van der Waals surface area contributed by atoms with Crippen LogP contribution in [0.25, 0.3) is 38.8 Å². The van der Waals surface area contributed by atoms with Gasteiger partial charge in [-0.1, -0.05) is 17.7 Å². The third kappa shape index (κ3) is 3.70.